The average molecular weight is 405 g/mol. The summed E-state index contributed by atoms with van der Waals surface area (Å²) in [6.07, 6.45) is 3.71. The van der Waals surface area contributed by atoms with Gasteiger partial charge in [-0.1, -0.05) is 17.7 Å². The van der Waals surface area contributed by atoms with Gasteiger partial charge in [-0.25, -0.2) is 4.68 Å². The summed E-state index contributed by atoms with van der Waals surface area (Å²) in [4.78, 5) is 39.8. The molecule has 27 heavy (non-hydrogen) atoms. The summed E-state index contributed by atoms with van der Waals surface area (Å²) in [5, 5.41) is 7.30. The number of anilines is 2. The molecule has 1 aromatic carbocycles. The number of halogens is 1. The lowest BCUT2D eigenvalue weighted by atomic mass is 10.3. The second-order valence-electron chi connectivity index (χ2n) is 6.62. The van der Waals surface area contributed by atoms with Gasteiger partial charge < -0.3 is 10.2 Å². The molecule has 0 spiro atoms. The summed E-state index contributed by atoms with van der Waals surface area (Å²) < 4.78 is 1.10. The molecule has 2 aromatic rings. The molecule has 1 N–H and O–H groups in total. The summed E-state index contributed by atoms with van der Waals surface area (Å²) in [6, 6.07) is 6.75. The van der Waals surface area contributed by atoms with Gasteiger partial charge in [0.05, 0.1) is 16.8 Å². The van der Waals surface area contributed by atoms with Crippen molar-refractivity contribution in [2.24, 2.45) is 5.92 Å². The molecule has 0 atom stereocenters. The van der Waals surface area contributed by atoms with Gasteiger partial charge in [0, 0.05) is 17.3 Å². The molecule has 0 saturated heterocycles. The Bertz CT molecular complexity index is 973. The van der Waals surface area contributed by atoms with Crippen molar-refractivity contribution in [3.8, 4) is 0 Å². The molecule has 7 nitrogen and oxygen atoms in total. The molecule has 0 radical (unpaired) electrons. The third-order valence-electron chi connectivity index (χ3n) is 4.45. The minimum Gasteiger partial charge on any atom is -0.324 e. The molecule has 1 fully saturated rings. The van der Waals surface area contributed by atoms with Crippen molar-refractivity contribution in [1.29, 1.82) is 0 Å². The molecule has 1 aliphatic carbocycles. The van der Waals surface area contributed by atoms with Gasteiger partial charge in [0.1, 0.15) is 12.2 Å². The Morgan fingerprint density at radius 2 is 2.15 bits per heavy atom. The van der Waals surface area contributed by atoms with Crippen LogP contribution in [0.5, 0.6) is 0 Å². The molecular formula is C18H17ClN4O3S. The number of hydrogen-bond acceptors (Lipinski definition) is 5. The fourth-order valence-corrected chi connectivity index (χ4v) is 4.01. The number of nitrogens with one attached hydrogen (secondary N) is 1. The first kappa shape index (κ1) is 18.1. The lowest BCUT2D eigenvalue weighted by molar-refractivity contribution is -0.117. The van der Waals surface area contributed by atoms with E-state index < -0.39 is 11.5 Å². The summed E-state index contributed by atoms with van der Waals surface area (Å²) in [5.74, 6) is 0.296. The standard InChI is InChI=1S/C18H17ClN4O3S/c19-12-2-1-3-13(6-12)21-15(24)9-23-18(26)17-14(7-20-23)27-10-16(25)22(17)8-11-4-5-11/h1-3,6-7,11H,4-5,8-10H2,(H,21,24). The van der Waals surface area contributed by atoms with Crippen LogP contribution in [-0.2, 0) is 16.1 Å². The van der Waals surface area contributed by atoms with E-state index in [-0.39, 0.29) is 12.5 Å². The number of benzene rings is 1. The molecule has 1 aromatic heterocycles. The van der Waals surface area contributed by atoms with Crippen LogP contribution in [0.25, 0.3) is 0 Å². The van der Waals surface area contributed by atoms with Gasteiger partial charge in [-0.05, 0) is 37.0 Å². The van der Waals surface area contributed by atoms with Crippen molar-refractivity contribution in [2.75, 3.05) is 22.5 Å². The highest BCUT2D eigenvalue weighted by molar-refractivity contribution is 8.00. The van der Waals surface area contributed by atoms with E-state index >= 15 is 0 Å². The summed E-state index contributed by atoms with van der Waals surface area (Å²) in [5.41, 5.74) is 0.461. The topological polar surface area (TPSA) is 84.3 Å². The Morgan fingerprint density at radius 3 is 2.89 bits per heavy atom. The smallest absolute Gasteiger partial charge is 0.292 e. The number of carbonyl (C=O) groups excluding carboxylic acids is 2. The third kappa shape index (κ3) is 4.01. The Labute approximate surface area is 164 Å². The Morgan fingerprint density at radius 1 is 1.33 bits per heavy atom. The average Bonchev–Trinajstić information content (AvgIpc) is 3.44. The van der Waals surface area contributed by atoms with Crippen molar-refractivity contribution >= 4 is 46.6 Å². The largest absolute Gasteiger partial charge is 0.324 e. The van der Waals surface area contributed by atoms with Crippen LogP contribution in [0.3, 0.4) is 0 Å². The SMILES string of the molecule is O=C(Cn1ncc2c(c1=O)N(CC1CC1)C(=O)CS2)Nc1cccc(Cl)c1. The molecule has 140 valence electrons. The van der Waals surface area contributed by atoms with Crippen LogP contribution in [0.1, 0.15) is 12.8 Å². The van der Waals surface area contributed by atoms with Gasteiger partial charge in [0.25, 0.3) is 5.56 Å². The van der Waals surface area contributed by atoms with Gasteiger partial charge in [-0.3, -0.25) is 14.4 Å². The highest BCUT2D eigenvalue weighted by Crippen LogP contribution is 2.36. The van der Waals surface area contributed by atoms with Gasteiger partial charge in [-0.2, -0.15) is 5.10 Å². The molecular weight excluding hydrogens is 388 g/mol. The van der Waals surface area contributed by atoms with Crippen molar-refractivity contribution in [3.05, 3.63) is 45.8 Å². The number of hydrogen-bond donors (Lipinski definition) is 1. The van der Waals surface area contributed by atoms with Crippen LogP contribution in [0.15, 0.2) is 40.2 Å². The van der Waals surface area contributed by atoms with E-state index in [1.165, 1.54) is 11.8 Å². The number of carbonyl (C=O) groups is 2. The van der Waals surface area contributed by atoms with Crippen molar-refractivity contribution < 1.29 is 9.59 Å². The van der Waals surface area contributed by atoms with Crippen LogP contribution >= 0.6 is 23.4 Å². The highest BCUT2D eigenvalue weighted by atomic mass is 35.5. The first-order valence-electron chi connectivity index (χ1n) is 8.60. The number of rotatable bonds is 5. The lowest BCUT2D eigenvalue weighted by Gasteiger charge is -2.28. The fourth-order valence-electron chi connectivity index (χ4n) is 2.93. The van der Waals surface area contributed by atoms with Crippen molar-refractivity contribution in [3.63, 3.8) is 0 Å². The maximum absolute atomic E-state index is 12.9. The zero-order valence-corrected chi connectivity index (χ0v) is 15.9. The zero-order chi connectivity index (χ0) is 19.0. The van der Waals surface area contributed by atoms with Crippen LogP contribution in [0.2, 0.25) is 5.02 Å². The minimum absolute atomic E-state index is 0.0716. The number of fused-ring (bicyclic) bond motifs is 1. The van der Waals surface area contributed by atoms with Crippen LogP contribution in [-0.4, -0.2) is 33.9 Å². The van der Waals surface area contributed by atoms with Crippen LogP contribution in [0.4, 0.5) is 11.4 Å². The maximum Gasteiger partial charge on any atom is 0.292 e. The molecule has 0 unspecified atom stereocenters. The van der Waals surface area contributed by atoms with Gasteiger partial charge >= 0.3 is 0 Å². The fraction of sp³-hybridized carbons (Fsp3) is 0.333. The van der Waals surface area contributed by atoms with Crippen molar-refractivity contribution in [2.45, 2.75) is 24.3 Å². The van der Waals surface area contributed by atoms with E-state index in [4.69, 9.17) is 11.6 Å². The number of thioether (sulfide) groups is 1. The molecule has 0 bridgehead atoms. The quantitative estimate of drug-likeness (QED) is 0.827. The second-order valence-corrected chi connectivity index (χ2v) is 8.07. The second kappa shape index (κ2) is 7.36. The van der Waals surface area contributed by atoms with E-state index in [0.29, 0.717) is 39.5 Å². The monoisotopic (exact) mass is 404 g/mol. The van der Waals surface area contributed by atoms with E-state index in [2.05, 4.69) is 10.4 Å². The Balaban J connectivity index is 1.57. The van der Waals surface area contributed by atoms with E-state index in [9.17, 15) is 14.4 Å². The molecule has 4 rings (SSSR count). The predicted octanol–water partition coefficient (Wildman–Crippen LogP) is 2.38. The predicted molar refractivity (Wildman–Crippen MR) is 104 cm³/mol. The molecule has 2 amide bonds. The van der Waals surface area contributed by atoms with Gasteiger partial charge in [-0.15, -0.1) is 11.8 Å². The maximum atomic E-state index is 12.9. The molecule has 2 heterocycles. The van der Waals surface area contributed by atoms with Gasteiger partial charge in [0.15, 0.2) is 0 Å². The Kier molecular flexibility index (Phi) is 4.92. The van der Waals surface area contributed by atoms with Gasteiger partial charge in [0.2, 0.25) is 11.8 Å². The van der Waals surface area contributed by atoms with E-state index in [0.717, 1.165) is 17.5 Å². The highest BCUT2D eigenvalue weighted by Gasteiger charge is 2.34. The summed E-state index contributed by atoms with van der Waals surface area (Å²) >= 11 is 7.22. The molecule has 9 heteroatoms. The first-order valence-corrected chi connectivity index (χ1v) is 9.96. The molecule has 1 aliphatic heterocycles. The zero-order valence-electron chi connectivity index (χ0n) is 14.4. The Hall–Kier alpha value is -2.32. The molecule has 1 saturated carbocycles. The van der Waals surface area contributed by atoms with E-state index in [1.807, 2.05) is 0 Å². The van der Waals surface area contributed by atoms with Crippen LogP contribution < -0.4 is 15.8 Å². The normalized spacial score (nSPS) is 16.2. The number of aromatic nitrogens is 2. The van der Waals surface area contributed by atoms with Crippen molar-refractivity contribution in [1.82, 2.24) is 9.78 Å². The van der Waals surface area contributed by atoms with E-state index in [1.54, 1.807) is 35.4 Å². The number of nitrogens with zero attached hydrogens (tertiary/aromatic N) is 3. The first-order chi connectivity index (χ1) is 13.0. The van der Waals surface area contributed by atoms with Crippen LogP contribution in [0, 0.1) is 5.92 Å². The summed E-state index contributed by atoms with van der Waals surface area (Å²) in [7, 11) is 0. The summed E-state index contributed by atoms with van der Waals surface area (Å²) in [6.45, 7) is 0.315. The number of amides is 2. The lowest BCUT2D eigenvalue weighted by Crippen LogP contribution is -2.43. The minimum atomic E-state index is -0.421. The molecule has 2 aliphatic rings. The third-order valence-corrected chi connectivity index (χ3v) is 5.68.